The van der Waals surface area contributed by atoms with Gasteiger partial charge in [-0.2, -0.15) is 5.10 Å². The number of amides is 1. The van der Waals surface area contributed by atoms with Crippen molar-refractivity contribution in [3.05, 3.63) is 75.1 Å². The fourth-order valence-electron chi connectivity index (χ4n) is 4.02. The van der Waals surface area contributed by atoms with Crippen LogP contribution in [0.1, 0.15) is 46.2 Å². The Morgan fingerprint density at radius 1 is 1.14 bits per heavy atom. The fraction of sp³-hybridized carbons (Fsp3) is 0.231. The number of anilines is 1. The Balaban J connectivity index is 1.62. The molecule has 8 nitrogen and oxygen atoms in total. The van der Waals surface area contributed by atoms with Crippen LogP contribution < -0.4 is 5.32 Å². The van der Waals surface area contributed by atoms with Gasteiger partial charge in [0.25, 0.3) is 5.91 Å². The molecule has 186 valence electrons. The molecule has 0 spiro atoms. The van der Waals surface area contributed by atoms with Crippen LogP contribution in [-0.2, 0) is 16.1 Å². The van der Waals surface area contributed by atoms with E-state index in [0.29, 0.717) is 43.6 Å². The number of halogens is 2. The number of benzene rings is 2. The van der Waals surface area contributed by atoms with E-state index >= 15 is 0 Å². The summed E-state index contributed by atoms with van der Waals surface area (Å²) in [5.41, 5.74) is 3.71. The number of nitrogens with zero attached hydrogens (tertiary/aromatic N) is 3. The maximum Gasteiger partial charge on any atom is 0.325 e. The summed E-state index contributed by atoms with van der Waals surface area (Å²) in [4.78, 5) is 37.4. The molecule has 2 aromatic carbocycles. The lowest BCUT2D eigenvalue weighted by Gasteiger charge is -2.11. The average Bonchev–Trinajstić information content (AvgIpc) is 3.40. The van der Waals surface area contributed by atoms with Crippen LogP contribution in [0.3, 0.4) is 0 Å². The number of Topliss-reactive ketones (excluding diaryl/α,β-unsaturated/α-hetero) is 1. The maximum absolute atomic E-state index is 13.2. The van der Waals surface area contributed by atoms with Gasteiger partial charge in [0, 0.05) is 33.0 Å². The van der Waals surface area contributed by atoms with E-state index in [-0.39, 0.29) is 18.2 Å². The zero-order valence-electron chi connectivity index (χ0n) is 20.0. The smallest absolute Gasteiger partial charge is 0.325 e. The van der Waals surface area contributed by atoms with Crippen LogP contribution in [0.15, 0.2) is 53.3 Å². The second-order valence-corrected chi connectivity index (χ2v) is 9.55. The normalized spacial score (nSPS) is 11.0. The summed E-state index contributed by atoms with van der Waals surface area (Å²) >= 11 is 9.71. The van der Waals surface area contributed by atoms with Crippen molar-refractivity contribution < 1.29 is 19.1 Å². The lowest BCUT2D eigenvalue weighted by molar-refractivity contribution is -0.141. The lowest BCUT2D eigenvalue weighted by Crippen LogP contribution is -2.13. The predicted molar refractivity (Wildman–Crippen MR) is 142 cm³/mol. The summed E-state index contributed by atoms with van der Waals surface area (Å²) < 4.78 is 8.76. The highest BCUT2D eigenvalue weighted by molar-refractivity contribution is 9.10. The molecular formula is C26H24BrClN4O4. The molecule has 1 N–H and O–H groups in total. The number of hydrogen-bond acceptors (Lipinski definition) is 5. The molecule has 0 bridgehead atoms. The van der Waals surface area contributed by atoms with Crippen LogP contribution in [-0.4, -0.2) is 39.1 Å². The molecule has 0 unspecified atom stereocenters. The van der Waals surface area contributed by atoms with Gasteiger partial charge in [-0.1, -0.05) is 18.5 Å². The quantitative estimate of drug-likeness (QED) is 0.208. The second-order valence-electron chi connectivity index (χ2n) is 8.26. The van der Waals surface area contributed by atoms with Crippen LogP contribution in [0.2, 0.25) is 5.02 Å². The minimum Gasteiger partial charge on any atom is -0.468 e. The SMILES string of the molecule is CCCC(=O)c1cnn(-c2ccc(NC(=O)c3cn(CC(=O)OC)c4ccc(Cl)cc34)c(Br)c2)c1C. The molecule has 0 aliphatic rings. The zero-order valence-corrected chi connectivity index (χ0v) is 22.3. The molecule has 4 aromatic rings. The molecule has 2 aromatic heterocycles. The molecule has 0 aliphatic carbocycles. The van der Waals surface area contributed by atoms with Gasteiger partial charge in [0.05, 0.1) is 41.5 Å². The van der Waals surface area contributed by atoms with Gasteiger partial charge in [-0.05, 0) is 65.7 Å². The minimum atomic E-state index is -0.430. The van der Waals surface area contributed by atoms with E-state index in [1.165, 1.54) is 7.11 Å². The molecule has 36 heavy (non-hydrogen) atoms. The minimum absolute atomic E-state index is 0.0354. The van der Waals surface area contributed by atoms with Crippen molar-refractivity contribution in [3.8, 4) is 5.69 Å². The molecule has 1 amide bonds. The molecule has 10 heteroatoms. The summed E-state index contributed by atoms with van der Waals surface area (Å²) in [6.07, 6.45) is 4.45. The van der Waals surface area contributed by atoms with Gasteiger partial charge in [0.2, 0.25) is 0 Å². The molecular weight excluding hydrogens is 548 g/mol. The molecule has 0 saturated heterocycles. The highest BCUT2D eigenvalue weighted by Gasteiger charge is 2.19. The van der Waals surface area contributed by atoms with E-state index < -0.39 is 5.97 Å². The number of esters is 1. The van der Waals surface area contributed by atoms with Gasteiger partial charge in [-0.3, -0.25) is 14.4 Å². The Morgan fingerprint density at radius 2 is 1.92 bits per heavy atom. The van der Waals surface area contributed by atoms with Gasteiger partial charge in [0.15, 0.2) is 5.78 Å². The Labute approximate surface area is 221 Å². The van der Waals surface area contributed by atoms with Crippen molar-refractivity contribution in [2.75, 3.05) is 12.4 Å². The summed E-state index contributed by atoms with van der Waals surface area (Å²) in [5, 5.41) is 8.38. The van der Waals surface area contributed by atoms with E-state index in [1.807, 2.05) is 26.0 Å². The number of ketones is 1. The molecule has 0 radical (unpaired) electrons. The Morgan fingerprint density at radius 3 is 2.61 bits per heavy atom. The van der Waals surface area contributed by atoms with Crippen molar-refractivity contribution in [2.45, 2.75) is 33.2 Å². The van der Waals surface area contributed by atoms with Gasteiger partial charge < -0.3 is 14.6 Å². The van der Waals surface area contributed by atoms with E-state index in [4.69, 9.17) is 16.3 Å². The monoisotopic (exact) mass is 570 g/mol. The van der Waals surface area contributed by atoms with Crippen molar-refractivity contribution in [1.82, 2.24) is 14.3 Å². The summed E-state index contributed by atoms with van der Waals surface area (Å²) in [6, 6.07) is 10.5. The van der Waals surface area contributed by atoms with E-state index in [2.05, 4.69) is 26.3 Å². The number of aromatic nitrogens is 3. The summed E-state index contributed by atoms with van der Waals surface area (Å²) in [6.45, 7) is 3.79. The van der Waals surface area contributed by atoms with Crippen LogP contribution in [0, 0.1) is 6.92 Å². The first-order valence-corrected chi connectivity index (χ1v) is 12.4. The largest absolute Gasteiger partial charge is 0.468 e. The zero-order chi connectivity index (χ0) is 26.0. The number of carbonyl (C=O) groups is 3. The van der Waals surface area contributed by atoms with Gasteiger partial charge in [0.1, 0.15) is 6.54 Å². The van der Waals surface area contributed by atoms with Crippen LogP contribution in [0.25, 0.3) is 16.6 Å². The van der Waals surface area contributed by atoms with Gasteiger partial charge in [-0.15, -0.1) is 0 Å². The number of fused-ring (bicyclic) bond motifs is 1. The molecule has 2 heterocycles. The first kappa shape index (κ1) is 25.7. The third-order valence-corrected chi connectivity index (χ3v) is 6.74. The first-order valence-electron chi connectivity index (χ1n) is 11.3. The third kappa shape index (κ3) is 5.08. The summed E-state index contributed by atoms with van der Waals surface area (Å²) in [5.74, 6) is -0.724. The predicted octanol–water partition coefficient (Wildman–Crippen LogP) is 5.96. The first-order chi connectivity index (χ1) is 17.2. The van der Waals surface area contributed by atoms with E-state index in [9.17, 15) is 14.4 Å². The average molecular weight is 572 g/mol. The Hall–Kier alpha value is -3.43. The van der Waals surface area contributed by atoms with Crippen LogP contribution in [0.5, 0.6) is 0 Å². The number of ether oxygens (including phenoxy) is 1. The molecule has 0 aliphatic heterocycles. The number of methoxy groups -OCH3 is 1. The van der Waals surface area contributed by atoms with E-state index in [0.717, 1.165) is 17.8 Å². The molecule has 0 atom stereocenters. The standard InChI is InChI=1S/C26H24BrClN4O4/c1-4-5-24(33)19-12-29-32(15(19)2)17-7-8-22(21(27)11-17)30-26(35)20-13-31(14-25(34)36-3)23-9-6-16(28)10-18(20)23/h6-13H,4-5,14H2,1-3H3,(H,30,35). The van der Waals surface area contributed by atoms with Crippen molar-refractivity contribution in [3.63, 3.8) is 0 Å². The summed E-state index contributed by atoms with van der Waals surface area (Å²) in [7, 11) is 1.31. The maximum atomic E-state index is 13.2. The number of rotatable bonds is 8. The van der Waals surface area contributed by atoms with Crippen molar-refractivity contribution >= 4 is 61.8 Å². The fourth-order valence-corrected chi connectivity index (χ4v) is 4.65. The Bertz CT molecular complexity index is 1490. The van der Waals surface area contributed by atoms with E-state index in [1.54, 1.807) is 45.9 Å². The third-order valence-electron chi connectivity index (χ3n) is 5.85. The number of nitrogens with one attached hydrogen (secondary N) is 1. The van der Waals surface area contributed by atoms with Crippen LogP contribution >= 0.6 is 27.5 Å². The highest BCUT2D eigenvalue weighted by Crippen LogP contribution is 2.29. The van der Waals surface area contributed by atoms with Crippen molar-refractivity contribution in [2.24, 2.45) is 0 Å². The number of hydrogen-bond donors (Lipinski definition) is 1. The highest BCUT2D eigenvalue weighted by atomic mass is 79.9. The molecule has 4 rings (SSSR count). The molecule has 0 fully saturated rings. The number of carbonyl (C=O) groups excluding carboxylic acids is 3. The Kier molecular flexibility index (Phi) is 7.61. The lowest BCUT2D eigenvalue weighted by atomic mass is 10.1. The second kappa shape index (κ2) is 10.7. The van der Waals surface area contributed by atoms with Gasteiger partial charge in [-0.25, -0.2) is 4.68 Å². The molecule has 0 saturated carbocycles. The topological polar surface area (TPSA) is 95.2 Å². The van der Waals surface area contributed by atoms with Gasteiger partial charge >= 0.3 is 5.97 Å². The van der Waals surface area contributed by atoms with Crippen molar-refractivity contribution in [1.29, 1.82) is 0 Å². The van der Waals surface area contributed by atoms with Crippen LogP contribution in [0.4, 0.5) is 5.69 Å².